The van der Waals surface area contributed by atoms with Gasteiger partial charge in [-0.3, -0.25) is 9.59 Å². The van der Waals surface area contributed by atoms with Crippen molar-refractivity contribution < 1.29 is 9.59 Å². The van der Waals surface area contributed by atoms with Crippen LogP contribution in [0.15, 0.2) is 48.5 Å². The fraction of sp³-hybridized carbons (Fsp3) is 0.375. The highest BCUT2D eigenvalue weighted by Crippen LogP contribution is 2.20. The Labute approximate surface area is 187 Å². The topological polar surface area (TPSA) is 76.0 Å². The van der Waals surface area contributed by atoms with E-state index in [-0.39, 0.29) is 18.4 Å². The molecule has 4 rings (SSSR count). The summed E-state index contributed by atoms with van der Waals surface area (Å²) in [4.78, 5) is 29.7. The van der Waals surface area contributed by atoms with Crippen LogP contribution in [0.25, 0.3) is 11.0 Å². The highest BCUT2D eigenvalue weighted by Gasteiger charge is 2.19. The number of fused-ring (bicyclic) bond motifs is 1. The van der Waals surface area contributed by atoms with Crippen molar-refractivity contribution in [2.75, 3.05) is 6.54 Å². The second kappa shape index (κ2) is 9.96. The molecule has 2 N–H and O–H groups in total. The second-order valence-electron chi connectivity index (χ2n) is 7.99. The lowest BCUT2D eigenvalue weighted by molar-refractivity contribution is -0.122. The summed E-state index contributed by atoms with van der Waals surface area (Å²) in [6.07, 6.45) is 5.87. The summed E-state index contributed by atoms with van der Waals surface area (Å²) in [6, 6.07) is 15.2. The minimum atomic E-state index is -0.185. The minimum absolute atomic E-state index is 0.0309. The number of carbonyl (C=O) groups excluding carboxylic acids is 2. The van der Waals surface area contributed by atoms with Gasteiger partial charge < -0.3 is 15.2 Å². The fourth-order valence-electron chi connectivity index (χ4n) is 4.17. The smallest absolute Gasteiger partial charge is 0.252 e. The molecule has 1 aliphatic rings. The molecule has 0 saturated heterocycles. The average molecular weight is 439 g/mol. The van der Waals surface area contributed by atoms with E-state index in [0.29, 0.717) is 36.0 Å². The monoisotopic (exact) mass is 438 g/mol. The van der Waals surface area contributed by atoms with Crippen LogP contribution in [0, 0.1) is 0 Å². The molecular weight excluding hydrogens is 412 g/mol. The van der Waals surface area contributed by atoms with Crippen molar-refractivity contribution >= 4 is 34.4 Å². The van der Waals surface area contributed by atoms with Crippen molar-refractivity contribution in [3.63, 3.8) is 0 Å². The zero-order valence-corrected chi connectivity index (χ0v) is 18.2. The minimum Gasteiger partial charge on any atom is -0.352 e. The highest BCUT2D eigenvalue weighted by molar-refractivity contribution is 6.33. The Morgan fingerprint density at radius 1 is 1.06 bits per heavy atom. The number of rotatable bonds is 8. The summed E-state index contributed by atoms with van der Waals surface area (Å²) < 4.78 is 2.00. The third kappa shape index (κ3) is 5.25. The van der Waals surface area contributed by atoms with E-state index in [1.165, 1.54) is 12.8 Å². The van der Waals surface area contributed by atoms with Crippen LogP contribution in [0.1, 0.15) is 48.3 Å². The van der Waals surface area contributed by atoms with Crippen LogP contribution in [0.4, 0.5) is 0 Å². The van der Waals surface area contributed by atoms with Gasteiger partial charge in [-0.15, -0.1) is 0 Å². The van der Waals surface area contributed by atoms with E-state index in [1.807, 2.05) is 28.8 Å². The van der Waals surface area contributed by atoms with Gasteiger partial charge in [0.25, 0.3) is 5.91 Å². The van der Waals surface area contributed by atoms with Crippen LogP contribution in [0.3, 0.4) is 0 Å². The van der Waals surface area contributed by atoms with Gasteiger partial charge in [0.15, 0.2) is 0 Å². The second-order valence-corrected chi connectivity index (χ2v) is 8.40. The first-order chi connectivity index (χ1) is 15.1. The van der Waals surface area contributed by atoms with Gasteiger partial charge in [0.2, 0.25) is 5.91 Å². The molecule has 0 aliphatic heterocycles. The predicted molar refractivity (Wildman–Crippen MR) is 122 cm³/mol. The molecule has 1 saturated carbocycles. The summed E-state index contributed by atoms with van der Waals surface area (Å²) in [5.74, 6) is 0.702. The van der Waals surface area contributed by atoms with Gasteiger partial charge in [-0.2, -0.15) is 0 Å². The van der Waals surface area contributed by atoms with E-state index in [9.17, 15) is 9.59 Å². The van der Waals surface area contributed by atoms with Gasteiger partial charge in [0.05, 0.1) is 21.6 Å². The van der Waals surface area contributed by atoms with Crippen LogP contribution in [-0.2, 0) is 17.8 Å². The maximum Gasteiger partial charge on any atom is 0.252 e. The number of nitrogens with zero attached hydrogens (tertiary/aromatic N) is 2. The number of imidazole rings is 1. The molecule has 0 unspecified atom stereocenters. The van der Waals surface area contributed by atoms with E-state index >= 15 is 0 Å². The number of aromatic nitrogens is 2. The molecule has 2 aromatic carbocycles. The molecule has 1 aromatic heterocycles. The maximum absolute atomic E-state index is 12.6. The SMILES string of the molecule is O=C(Cn1c(CCCNC(=O)c2ccccc2Cl)nc2ccccc21)NC1CCCC1. The van der Waals surface area contributed by atoms with Crippen molar-refractivity contribution in [2.45, 2.75) is 51.1 Å². The molecule has 1 heterocycles. The molecule has 31 heavy (non-hydrogen) atoms. The summed E-state index contributed by atoms with van der Waals surface area (Å²) in [7, 11) is 0. The number of aryl methyl sites for hydroxylation is 1. The quantitative estimate of drug-likeness (QED) is 0.519. The molecule has 2 amide bonds. The van der Waals surface area contributed by atoms with Crippen molar-refractivity contribution in [3.8, 4) is 0 Å². The van der Waals surface area contributed by atoms with E-state index in [2.05, 4.69) is 10.6 Å². The molecule has 3 aromatic rings. The predicted octanol–water partition coefficient (Wildman–Crippen LogP) is 4.11. The van der Waals surface area contributed by atoms with Crippen LogP contribution in [-0.4, -0.2) is 34.0 Å². The Bertz CT molecular complexity index is 1070. The van der Waals surface area contributed by atoms with Gasteiger partial charge in [0, 0.05) is 19.0 Å². The Morgan fingerprint density at radius 2 is 1.81 bits per heavy atom. The van der Waals surface area contributed by atoms with Crippen LogP contribution in [0.5, 0.6) is 0 Å². The molecule has 1 aliphatic carbocycles. The lowest BCUT2D eigenvalue weighted by atomic mass is 10.2. The van der Waals surface area contributed by atoms with Gasteiger partial charge >= 0.3 is 0 Å². The first-order valence-electron chi connectivity index (χ1n) is 10.9. The van der Waals surface area contributed by atoms with Gasteiger partial charge in [-0.05, 0) is 43.5 Å². The lowest BCUT2D eigenvalue weighted by Gasteiger charge is -2.14. The third-order valence-electron chi connectivity index (χ3n) is 5.74. The van der Waals surface area contributed by atoms with Crippen molar-refractivity contribution in [2.24, 2.45) is 0 Å². The molecule has 0 atom stereocenters. The number of hydrogen-bond acceptors (Lipinski definition) is 3. The number of amides is 2. The summed E-state index contributed by atoms with van der Waals surface area (Å²) in [5.41, 5.74) is 2.31. The molecule has 0 radical (unpaired) electrons. The third-order valence-corrected chi connectivity index (χ3v) is 6.07. The molecule has 0 bridgehead atoms. The maximum atomic E-state index is 12.6. The number of benzene rings is 2. The Hall–Kier alpha value is -2.86. The van der Waals surface area contributed by atoms with Gasteiger partial charge in [-0.25, -0.2) is 4.98 Å². The number of nitrogens with one attached hydrogen (secondary N) is 2. The lowest BCUT2D eigenvalue weighted by Crippen LogP contribution is -2.35. The van der Waals surface area contributed by atoms with Crippen LogP contribution in [0.2, 0.25) is 5.02 Å². The zero-order valence-electron chi connectivity index (χ0n) is 17.4. The van der Waals surface area contributed by atoms with Crippen LogP contribution < -0.4 is 10.6 Å². The molecule has 0 spiro atoms. The van der Waals surface area contributed by atoms with Crippen molar-refractivity contribution in [3.05, 3.63) is 64.9 Å². The summed E-state index contributed by atoms with van der Waals surface area (Å²) in [5, 5.41) is 6.51. The number of hydrogen-bond donors (Lipinski definition) is 2. The van der Waals surface area contributed by atoms with E-state index in [1.54, 1.807) is 24.3 Å². The van der Waals surface area contributed by atoms with E-state index < -0.39 is 0 Å². The number of halogens is 1. The zero-order chi connectivity index (χ0) is 21.6. The fourth-order valence-corrected chi connectivity index (χ4v) is 4.39. The van der Waals surface area contributed by atoms with Gasteiger partial charge in [-0.1, -0.05) is 48.7 Å². The average Bonchev–Trinajstić information content (AvgIpc) is 3.39. The number of para-hydroxylation sites is 2. The first kappa shape index (κ1) is 21.4. The largest absolute Gasteiger partial charge is 0.352 e. The van der Waals surface area contributed by atoms with E-state index in [4.69, 9.17) is 16.6 Å². The highest BCUT2D eigenvalue weighted by atomic mass is 35.5. The summed E-state index contributed by atoms with van der Waals surface area (Å²) in [6.45, 7) is 0.764. The standard InChI is InChI=1S/C24H27ClN4O2/c25-19-11-4-3-10-18(19)24(31)26-15-7-14-22-28-20-12-5-6-13-21(20)29(22)16-23(30)27-17-8-1-2-9-17/h3-6,10-13,17H,1-2,7-9,14-16H2,(H,26,31)(H,27,30). The molecule has 6 nitrogen and oxygen atoms in total. The molecule has 162 valence electrons. The summed E-state index contributed by atoms with van der Waals surface area (Å²) >= 11 is 6.09. The first-order valence-corrected chi connectivity index (χ1v) is 11.3. The Kier molecular flexibility index (Phi) is 6.87. The molecule has 7 heteroatoms. The Morgan fingerprint density at radius 3 is 2.61 bits per heavy atom. The number of carbonyl (C=O) groups is 2. The molecule has 1 fully saturated rings. The molecular formula is C24H27ClN4O2. The normalized spacial score (nSPS) is 14.1. The van der Waals surface area contributed by atoms with Gasteiger partial charge in [0.1, 0.15) is 12.4 Å². The Balaban J connectivity index is 1.38. The van der Waals surface area contributed by atoms with E-state index in [0.717, 1.165) is 29.7 Å². The van der Waals surface area contributed by atoms with Crippen molar-refractivity contribution in [1.82, 2.24) is 20.2 Å². The van der Waals surface area contributed by atoms with Crippen molar-refractivity contribution in [1.29, 1.82) is 0 Å². The van der Waals surface area contributed by atoms with Crippen LogP contribution >= 0.6 is 11.6 Å².